The van der Waals surface area contributed by atoms with E-state index < -0.39 is 0 Å². The molecule has 1 aliphatic heterocycles. The molecule has 0 spiro atoms. The largest absolute Gasteiger partial charge is 0.293 e. The number of rotatable bonds is 2. The molecule has 0 saturated carbocycles. The lowest BCUT2D eigenvalue weighted by Crippen LogP contribution is -2.23. The summed E-state index contributed by atoms with van der Waals surface area (Å²) in [6, 6.07) is 11.3. The fourth-order valence-electron chi connectivity index (χ4n) is 1.47. The van der Waals surface area contributed by atoms with Crippen LogP contribution in [0, 0.1) is 0 Å². The number of pyridine rings is 2. The summed E-state index contributed by atoms with van der Waals surface area (Å²) in [7, 11) is 0. The number of nitrogens with zero attached hydrogens (tertiary/aromatic N) is 4. The quantitative estimate of drug-likeness (QED) is 0.832. The van der Waals surface area contributed by atoms with Crippen LogP contribution in [0.5, 0.6) is 0 Å². The summed E-state index contributed by atoms with van der Waals surface area (Å²) in [6.45, 7) is 0. The van der Waals surface area contributed by atoms with E-state index in [1.807, 2.05) is 36.4 Å². The molecule has 18 heavy (non-hydrogen) atoms. The molecule has 0 atom stereocenters. The van der Waals surface area contributed by atoms with Gasteiger partial charge in [0.2, 0.25) is 0 Å². The average molecular weight is 255 g/mol. The molecule has 1 aliphatic rings. The van der Waals surface area contributed by atoms with Crippen molar-refractivity contribution in [2.24, 2.45) is 9.39 Å². The zero-order chi connectivity index (χ0) is 12.2. The van der Waals surface area contributed by atoms with Gasteiger partial charge in [-0.05, 0) is 24.3 Å². The molecule has 3 heterocycles. The monoisotopic (exact) mass is 255 g/mol. The van der Waals surface area contributed by atoms with Crippen molar-refractivity contribution >= 4 is 23.8 Å². The van der Waals surface area contributed by atoms with Crippen LogP contribution in [-0.2, 0) is 0 Å². The molecular weight excluding hydrogens is 246 g/mol. The van der Waals surface area contributed by atoms with Crippen molar-refractivity contribution in [3.63, 3.8) is 0 Å². The van der Waals surface area contributed by atoms with Gasteiger partial charge in [0.05, 0.1) is 12.1 Å². The predicted octanol–water partition coefficient (Wildman–Crippen LogP) is 1.84. The Labute approximate surface area is 108 Å². The van der Waals surface area contributed by atoms with Crippen LogP contribution in [0.15, 0.2) is 58.2 Å². The highest BCUT2D eigenvalue weighted by molar-refractivity contribution is 7.96. The summed E-state index contributed by atoms with van der Waals surface area (Å²) in [4.78, 5) is 12.9. The van der Waals surface area contributed by atoms with Gasteiger partial charge in [-0.1, -0.05) is 12.1 Å². The first-order valence-electron chi connectivity index (χ1n) is 5.35. The van der Waals surface area contributed by atoms with Gasteiger partial charge in [-0.25, -0.2) is 4.99 Å². The third-order valence-electron chi connectivity index (χ3n) is 2.29. The summed E-state index contributed by atoms with van der Waals surface area (Å²) in [5.41, 5.74) is 1.54. The molecule has 0 radical (unpaired) electrons. The Hall–Kier alpha value is -2.21. The molecule has 5 nitrogen and oxygen atoms in total. The smallest absolute Gasteiger partial charge is 0.189 e. The first-order chi connectivity index (χ1) is 8.93. The molecule has 0 aromatic carbocycles. The molecule has 2 aromatic heterocycles. The lowest BCUT2D eigenvalue weighted by molar-refractivity contribution is 1.23. The normalized spacial score (nSPS) is 14.4. The summed E-state index contributed by atoms with van der Waals surface area (Å²) >= 11 is 1.23. The van der Waals surface area contributed by atoms with Crippen LogP contribution in [0.4, 0.5) is 0 Å². The Bertz CT molecular complexity index is 594. The molecule has 3 rings (SSSR count). The minimum Gasteiger partial charge on any atom is -0.293 e. The Morgan fingerprint density at radius 2 is 1.61 bits per heavy atom. The van der Waals surface area contributed by atoms with Gasteiger partial charge in [0.15, 0.2) is 11.7 Å². The molecule has 0 unspecified atom stereocenters. The maximum Gasteiger partial charge on any atom is 0.189 e. The molecule has 0 bridgehead atoms. The highest BCUT2D eigenvalue weighted by atomic mass is 32.2. The van der Waals surface area contributed by atoms with Gasteiger partial charge in [0.25, 0.3) is 0 Å². The molecular formula is C12H9N5S. The minimum atomic E-state index is 0.597. The molecule has 88 valence electrons. The molecule has 6 heteroatoms. The lowest BCUT2D eigenvalue weighted by atomic mass is 10.3. The van der Waals surface area contributed by atoms with E-state index >= 15 is 0 Å². The highest BCUT2D eigenvalue weighted by Crippen LogP contribution is 2.12. The fraction of sp³-hybridized carbons (Fsp3) is 0. The maximum absolute atomic E-state index is 4.43. The van der Waals surface area contributed by atoms with E-state index in [2.05, 4.69) is 24.1 Å². The molecule has 0 aliphatic carbocycles. The SMILES string of the molecule is c1ccc(C2=NSNC(c3ccccn3)=N2)nc1. The van der Waals surface area contributed by atoms with E-state index in [1.54, 1.807) is 12.4 Å². The number of amidine groups is 2. The van der Waals surface area contributed by atoms with Gasteiger partial charge in [0.1, 0.15) is 11.4 Å². The van der Waals surface area contributed by atoms with Crippen LogP contribution in [0.2, 0.25) is 0 Å². The Morgan fingerprint density at radius 3 is 2.28 bits per heavy atom. The Morgan fingerprint density at radius 1 is 0.889 bits per heavy atom. The zero-order valence-electron chi connectivity index (χ0n) is 9.32. The van der Waals surface area contributed by atoms with Crippen molar-refractivity contribution in [2.45, 2.75) is 0 Å². The fourth-order valence-corrected chi connectivity index (χ4v) is 1.97. The Kier molecular flexibility index (Phi) is 3.01. The average Bonchev–Trinajstić information content (AvgIpc) is 2.49. The van der Waals surface area contributed by atoms with E-state index in [0.29, 0.717) is 11.7 Å². The van der Waals surface area contributed by atoms with Crippen LogP contribution >= 0.6 is 12.1 Å². The minimum absolute atomic E-state index is 0.597. The Balaban J connectivity index is 1.95. The van der Waals surface area contributed by atoms with Gasteiger partial charge in [0, 0.05) is 12.4 Å². The number of nitrogens with one attached hydrogen (secondary N) is 1. The number of aromatic nitrogens is 2. The van der Waals surface area contributed by atoms with Gasteiger partial charge >= 0.3 is 0 Å². The number of aliphatic imine (C=N–C) groups is 1. The van der Waals surface area contributed by atoms with E-state index in [-0.39, 0.29) is 0 Å². The van der Waals surface area contributed by atoms with Crippen molar-refractivity contribution in [2.75, 3.05) is 0 Å². The predicted molar refractivity (Wildman–Crippen MR) is 72.3 cm³/mol. The van der Waals surface area contributed by atoms with Crippen molar-refractivity contribution < 1.29 is 0 Å². The van der Waals surface area contributed by atoms with E-state index in [4.69, 9.17) is 0 Å². The first-order valence-corrected chi connectivity index (χ1v) is 6.12. The van der Waals surface area contributed by atoms with Crippen molar-refractivity contribution in [3.05, 3.63) is 60.2 Å². The first kappa shape index (κ1) is 10.9. The summed E-state index contributed by atoms with van der Waals surface area (Å²) in [6.07, 6.45) is 3.46. The zero-order valence-corrected chi connectivity index (χ0v) is 10.1. The van der Waals surface area contributed by atoms with Gasteiger partial charge < -0.3 is 0 Å². The van der Waals surface area contributed by atoms with E-state index in [0.717, 1.165) is 11.4 Å². The third-order valence-corrected chi connectivity index (χ3v) is 2.84. The van der Waals surface area contributed by atoms with Gasteiger partial charge in [-0.2, -0.15) is 4.40 Å². The number of hydrogen-bond acceptors (Lipinski definition) is 6. The molecule has 0 fully saturated rings. The van der Waals surface area contributed by atoms with Gasteiger partial charge in [-0.3, -0.25) is 14.7 Å². The van der Waals surface area contributed by atoms with Crippen LogP contribution in [0.25, 0.3) is 0 Å². The molecule has 2 aromatic rings. The van der Waals surface area contributed by atoms with Gasteiger partial charge in [-0.15, -0.1) is 0 Å². The van der Waals surface area contributed by atoms with Crippen LogP contribution in [0.3, 0.4) is 0 Å². The molecule has 0 saturated heterocycles. The second-order valence-corrected chi connectivity index (χ2v) is 4.07. The standard InChI is InChI=1S/C12H9N5S/c1-3-7-13-9(5-1)11-15-12(17-18-16-11)10-6-2-4-8-14-10/h1-8H,(H,15,16,17). The second kappa shape index (κ2) is 4.97. The van der Waals surface area contributed by atoms with Crippen LogP contribution in [0.1, 0.15) is 11.4 Å². The van der Waals surface area contributed by atoms with Crippen LogP contribution < -0.4 is 4.72 Å². The number of hydrogen-bond donors (Lipinski definition) is 1. The van der Waals surface area contributed by atoms with Crippen LogP contribution in [-0.4, -0.2) is 21.6 Å². The second-order valence-electron chi connectivity index (χ2n) is 3.50. The topological polar surface area (TPSA) is 62.5 Å². The van der Waals surface area contributed by atoms with E-state index in [9.17, 15) is 0 Å². The maximum atomic E-state index is 4.43. The molecule has 1 N–H and O–H groups in total. The lowest BCUT2D eigenvalue weighted by Gasteiger charge is -2.11. The van der Waals surface area contributed by atoms with E-state index in [1.165, 1.54) is 12.1 Å². The third kappa shape index (κ3) is 2.23. The molecule has 0 amide bonds. The summed E-state index contributed by atoms with van der Waals surface area (Å²) < 4.78 is 7.24. The summed E-state index contributed by atoms with van der Waals surface area (Å²) in [5, 5.41) is 0. The van der Waals surface area contributed by atoms with Crippen molar-refractivity contribution in [1.29, 1.82) is 0 Å². The van der Waals surface area contributed by atoms with Crippen molar-refractivity contribution in [1.82, 2.24) is 14.7 Å². The highest BCUT2D eigenvalue weighted by Gasteiger charge is 2.13. The summed E-state index contributed by atoms with van der Waals surface area (Å²) in [5.74, 6) is 1.29. The van der Waals surface area contributed by atoms with Crippen molar-refractivity contribution in [3.8, 4) is 0 Å².